The first-order valence-electron chi connectivity index (χ1n) is 7.90. The van der Waals surface area contributed by atoms with Crippen molar-refractivity contribution in [1.82, 2.24) is 0 Å². The van der Waals surface area contributed by atoms with E-state index in [1.165, 1.54) is 24.3 Å². The first-order chi connectivity index (χ1) is 13.5. The molecule has 0 aromatic heterocycles. The first kappa shape index (κ1) is 22.0. The fourth-order valence-electron chi connectivity index (χ4n) is 3.20. The molecule has 0 aliphatic rings. The van der Waals surface area contributed by atoms with Crippen molar-refractivity contribution in [3.05, 3.63) is 91.4 Å². The Bertz CT molecular complexity index is 1200. The zero-order chi connectivity index (χ0) is 21.6. The van der Waals surface area contributed by atoms with Gasteiger partial charge in [0.15, 0.2) is 4.75 Å². The molecule has 0 radical (unpaired) electrons. The molecule has 3 aromatic carbocycles. The lowest BCUT2D eigenvalue weighted by atomic mass is 9.83. The smallest absolute Gasteiger partial charge is 0.283 e. The second-order valence-corrected chi connectivity index (χ2v) is 9.20. The molecule has 0 spiro atoms. The fraction of sp³-hybridized carbons (Fsp3) is 0.0526. The summed E-state index contributed by atoms with van der Waals surface area (Å²) >= 11 is 24.4. The van der Waals surface area contributed by atoms with Crippen molar-refractivity contribution in [3.63, 3.8) is 0 Å². The fourth-order valence-corrected chi connectivity index (χ4v) is 5.49. The minimum Gasteiger partial charge on any atom is -0.508 e. The number of aromatic hydroxyl groups is 2. The number of hydrogen-bond donors (Lipinski definition) is 3. The molecule has 0 fully saturated rings. The van der Waals surface area contributed by atoms with Gasteiger partial charge in [-0.05, 0) is 23.8 Å². The van der Waals surface area contributed by atoms with Crippen LogP contribution in [0.2, 0.25) is 20.1 Å². The van der Waals surface area contributed by atoms with E-state index < -0.39 is 25.6 Å². The van der Waals surface area contributed by atoms with E-state index in [1.54, 1.807) is 18.2 Å². The largest absolute Gasteiger partial charge is 0.508 e. The Hall–Kier alpha value is -1.67. The Morgan fingerprint density at radius 1 is 0.759 bits per heavy atom. The maximum Gasteiger partial charge on any atom is 0.283 e. The van der Waals surface area contributed by atoms with Crippen molar-refractivity contribution in [1.29, 1.82) is 0 Å². The van der Waals surface area contributed by atoms with Gasteiger partial charge in [-0.1, -0.05) is 82.8 Å². The molecule has 0 aliphatic carbocycles. The summed E-state index contributed by atoms with van der Waals surface area (Å²) in [7, 11) is -5.08. The van der Waals surface area contributed by atoms with Crippen LogP contribution in [0.5, 0.6) is 11.5 Å². The van der Waals surface area contributed by atoms with Crippen molar-refractivity contribution in [2.45, 2.75) is 4.75 Å². The Balaban J connectivity index is 2.62. The summed E-state index contributed by atoms with van der Waals surface area (Å²) < 4.78 is 34.0. The summed E-state index contributed by atoms with van der Waals surface area (Å²) in [6, 6.07) is 12.2. The van der Waals surface area contributed by atoms with Gasteiger partial charge in [0.25, 0.3) is 10.1 Å². The van der Waals surface area contributed by atoms with Gasteiger partial charge in [-0.15, -0.1) is 0 Å². The number of phenols is 2. The summed E-state index contributed by atoms with van der Waals surface area (Å²) in [5.41, 5.74) is -0.464. The van der Waals surface area contributed by atoms with Gasteiger partial charge in [0, 0.05) is 16.1 Å². The van der Waals surface area contributed by atoms with Crippen LogP contribution in [0.25, 0.3) is 0 Å². The Labute approximate surface area is 186 Å². The normalized spacial score (nSPS) is 13.8. The van der Waals surface area contributed by atoms with Crippen LogP contribution in [0.15, 0.2) is 54.6 Å². The van der Waals surface area contributed by atoms with Gasteiger partial charge in [0.05, 0.1) is 10.0 Å². The van der Waals surface area contributed by atoms with E-state index in [-0.39, 0.29) is 37.5 Å². The summed E-state index contributed by atoms with van der Waals surface area (Å²) in [6.07, 6.45) is 0. The lowest BCUT2D eigenvalue weighted by molar-refractivity contribution is 0.440. The molecular weight excluding hydrogens is 482 g/mol. The number of rotatable bonds is 4. The molecule has 5 nitrogen and oxygen atoms in total. The number of halogens is 4. The molecule has 3 rings (SSSR count). The molecule has 0 saturated carbocycles. The predicted octanol–water partition coefficient (Wildman–Crippen LogP) is 5.89. The van der Waals surface area contributed by atoms with E-state index in [0.29, 0.717) is 0 Å². The number of phenolic OH excluding ortho intramolecular Hbond substituents is 2. The molecule has 3 aromatic rings. The summed E-state index contributed by atoms with van der Waals surface area (Å²) in [4.78, 5) is 0. The lowest BCUT2D eigenvalue weighted by Crippen LogP contribution is -2.38. The molecule has 0 bridgehead atoms. The Morgan fingerprint density at radius 2 is 1.38 bits per heavy atom. The summed E-state index contributed by atoms with van der Waals surface area (Å²) in [5, 5.41) is 19.5. The van der Waals surface area contributed by atoms with E-state index in [2.05, 4.69) is 0 Å². The van der Waals surface area contributed by atoms with Crippen LogP contribution in [-0.2, 0) is 14.9 Å². The molecule has 3 N–H and O–H groups in total. The number of benzene rings is 3. The van der Waals surface area contributed by atoms with Crippen LogP contribution in [0.1, 0.15) is 16.7 Å². The van der Waals surface area contributed by atoms with Crippen LogP contribution >= 0.6 is 46.4 Å². The molecule has 0 saturated heterocycles. The van der Waals surface area contributed by atoms with Crippen LogP contribution in [-0.4, -0.2) is 23.2 Å². The molecular formula is C19H12Cl4O5S. The Kier molecular flexibility index (Phi) is 5.98. The van der Waals surface area contributed by atoms with Crippen LogP contribution < -0.4 is 0 Å². The maximum absolute atomic E-state index is 13.0. The van der Waals surface area contributed by atoms with Crippen molar-refractivity contribution in [3.8, 4) is 11.5 Å². The third-order valence-corrected chi connectivity index (χ3v) is 7.43. The van der Waals surface area contributed by atoms with Crippen LogP contribution in [0.4, 0.5) is 0 Å². The molecule has 0 heterocycles. The SMILES string of the molecule is O=S(=O)(O)C(c1ccccc1)(c1ccc(O)cc1Cl)c1cc(Cl)c(Cl)c(Cl)c1O. The molecule has 152 valence electrons. The highest BCUT2D eigenvalue weighted by Crippen LogP contribution is 2.53. The highest BCUT2D eigenvalue weighted by atomic mass is 35.5. The highest BCUT2D eigenvalue weighted by molar-refractivity contribution is 7.87. The second-order valence-electron chi connectivity index (χ2n) is 6.07. The number of hydrogen-bond acceptors (Lipinski definition) is 4. The van der Waals surface area contributed by atoms with Gasteiger partial charge >= 0.3 is 0 Å². The van der Waals surface area contributed by atoms with Crippen molar-refractivity contribution in [2.75, 3.05) is 0 Å². The lowest BCUT2D eigenvalue weighted by Gasteiger charge is -2.34. The van der Waals surface area contributed by atoms with E-state index in [1.807, 2.05) is 0 Å². The topological polar surface area (TPSA) is 94.8 Å². The molecule has 0 aliphatic heterocycles. The van der Waals surface area contributed by atoms with Crippen LogP contribution in [0.3, 0.4) is 0 Å². The standard InChI is InChI=1S/C19H12Cl4O5S/c20-14-8-11(24)6-7-12(14)19(29(26,27)28,10-4-2-1-3-5-10)13-9-15(21)16(22)17(23)18(13)25/h1-9,24-25H,(H,26,27,28). The monoisotopic (exact) mass is 492 g/mol. The predicted molar refractivity (Wildman–Crippen MR) is 114 cm³/mol. The van der Waals surface area contributed by atoms with Crippen molar-refractivity contribution in [2.24, 2.45) is 0 Å². The quantitative estimate of drug-likeness (QED) is 0.239. The molecule has 0 amide bonds. The zero-order valence-electron chi connectivity index (χ0n) is 14.3. The third-order valence-electron chi connectivity index (χ3n) is 4.41. The Morgan fingerprint density at radius 3 is 1.93 bits per heavy atom. The van der Waals surface area contributed by atoms with E-state index in [9.17, 15) is 23.2 Å². The summed E-state index contributed by atoms with van der Waals surface area (Å²) in [5.74, 6) is -0.931. The minimum atomic E-state index is -5.08. The highest BCUT2D eigenvalue weighted by Gasteiger charge is 2.51. The second kappa shape index (κ2) is 7.87. The van der Waals surface area contributed by atoms with E-state index in [4.69, 9.17) is 46.4 Å². The molecule has 1 atom stereocenters. The summed E-state index contributed by atoms with van der Waals surface area (Å²) in [6.45, 7) is 0. The third kappa shape index (κ3) is 3.54. The van der Waals surface area contributed by atoms with Gasteiger partial charge in [-0.2, -0.15) is 8.42 Å². The molecule has 29 heavy (non-hydrogen) atoms. The van der Waals surface area contributed by atoms with Gasteiger partial charge in [-0.3, -0.25) is 4.55 Å². The van der Waals surface area contributed by atoms with Gasteiger partial charge in [-0.25, -0.2) is 0 Å². The average molecular weight is 494 g/mol. The van der Waals surface area contributed by atoms with E-state index >= 15 is 0 Å². The van der Waals surface area contributed by atoms with Gasteiger partial charge < -0.3 is 10.2 Å². The average Bonchev–Trinajstić information content (AvgIpc) is 2.65. The van der Waals surface area contributed by atoms with Crippen LogP contribution in [0, 0.1) is 0 Å². The van der Waals surface area contributed by atoms with Gasteiger partial charge in [0.2, 0.25) is 0 Å². The van der Waals surface area contributed by atoms with Crippen molar-refractivity contribution < 1.29 is 23.2 Å². The van der Waals surface area contributed by atoms with Crippen molar-refractivity contribution >= 4 is 56.5 Å². The van der Waals surface area contributed by atoms with E-state index in [0.717, 1.165) is 12.1 Å². The molecule has 10 heteroatoms. The minimum absolute atomic E-state index is 0.0415. The van der Waals surface area contributed by atoms with Gasteiger partial charge in [0.1, 0.15) is 16.5 Å². The first-order valence-corrected chi connectivity index (χ1v) is 10.9. The maximum atomic E-state index is 13.0. The molecule has 1 unspecified atom stereocenters. The zero-order valence-corrected chi connectivity index (χ0v) is 18.1.